The average molecular weight is 417 g/mol. The van der Waals surface area contributed by atoms with Gasteiger partial charge in [-0.1, -0.05) is 97.0 Å². The largest absolute Gasteiger partial charge is 0.113 e. The van der Waals surface area contributed by atoms with Gasteiger partial charge in [-0.25, -0.2) is 0 Å². The monoisotopic (exact) mass is 416 g/mol. The summed E-state index contributed by atoms with van der Waals surface area (Å²) in [4.78, 5) is 0. The molecule has 0 aliphatic heterocycles. The van der Waals surface area contributed by atoms with Crippen molar-refractivity contribution in [3.05, 3.63) is 106 Å². The summed E-state index contributed by atoms with van der Waals surface area (Å²) in [6.07, 6.45) is 2.19. The van der Waals surface area contributed by atoms with Crippen molar-refractivity contribution in [2.24, 2.45) is 0 Å². The van der Waals surface area contributed by atoms with Crippen molar-refractivity contribution < 1.29 is 0 Å². The quantitative estimate of drug-likeness (QED) is 0.289. The number of hydrogen-bond acceptors (Lipinski definition) is 0. The van der Waals surface area contributed by atoms with E-state index >= 15 is 0 Å². The van der Waals surface area contributed by atoms with Crippen LogP contribution in [0.2, 0.25) is 13.1 Å². The maximum Gasteiger partial charge on any atom is 0.113 e. The molecule has 152 valence electrons. The van der Waals surface area contributed by atoms with Gasteiger partial charge in [-0.2, -0.15) is 0 Å². The molecule has 0 nitrogen and oxygen atoms in total. The second-order valence-corrected chi connectivity index (χ2v) is 14.2. The molecular weight excluding hydrogens is 388 g/mol. The topological polar surface area (TPSA) is 0 Å². The molecule has 0 heterocycles. The van der Waals surface area contributed by atoms with Crippen LogP contribution in [0.3, 0.4) is 0 Å². The predicted molar refractivity (Wildman–Crippen MR) is 138 cm³/mol. The van der Waals surface area contributed by atoms with Crippen LogP contribution in [-0.4, -0.2) is 8.07 Å². The predicted octanol–water partition coefficient (Wildman–Crippen LogP) is 8.14. The zero-order chi connectivity index (χ0) is 21.3. The first-order valence-electron chi connectivity index (χ1n) is 11.4. The van der Waals surface area contributed by atoms with Gasteiger partial charge < -0.3 is 0 Å². The third-order valence-electron chi connectivity index (χ3n) is 7.61. The van der Waals surface area contributed by atoms with Gasteiger partial charge in [0.25, 0.3) is 0 Å². The third kappa shape index (κ3) is 2.60. The van der Waals surface area contributed by atoms with E-state index in [0.717, 1.165) is 12.8 Å². The van der Waals surface area contributed by atoms with Crippen LogP contribution in [0.5, 0.6) is 0 Å². The molecular formula is C30H28Si. The zero-order valence-electron chi connectivity index (χ0n) is 18.8. The molecule has 4 aromatic carbocycles. The number of hydrogen-bond donors (Lipinski definition) is 0. The second-order valence-electron chi connectivity index (χ2n) is 9.91. The SMILES string of the molecule is CC1=C([Si](C)(C)C2=C(C)Cc3c2ccc2ccccc32)c2ccc3ccccc3c2C1. The molecule has 0 N–H and O–H groups in total. The summed E-state index contributed by atoms with van der Waals surface area (Å²) >= 11 is 0. The van der Waals surface area contributed by atoms with Gasteiger partial charge in [0.15, 0.2) is 0 Å². The summed E-state index contributed by atoms with van der Waals surface area (Å²) in [6, 6.07) is 27.2. The summed E-state index contributed by atoms with van der Waals surface area (Å²) in [5, 5.41) is 8.93. The highest BCUT2D eigenvalue weighted by Gasteiger charge is 2.41. The van der Waals surface area contributed by atoms with Crippen LogP contribution in [0, 0.1) is 0 Å². The van der Waals surface area contributed by atoms with Crippen LogP contribution in [0.4, 0.5) is 0 Å². The second kappa shape index (κ2) is 6.55. The molecule has 6 rings (SSSR count). The lowest BCUT2D eigenvalue weighted by Gasteiger charge is -2.30. The highest BCUT2D eigenvalue weighted by atomic mass is 28.3. The fourth-order valence-electron chi connectivity index (χ4n) is 6.55. The van der Waals surface area contributed by atoms with E-state index in [2.05, 4.69) is 99.7 Å². The zero-order valence-corrected chi connectivity index (χ0v) is 19.8. The first-order chi connectivity index (χ1) is 15.0. The Hall–Kier alpha value is -2.90. The van der Waals surface area contributed by atoms with Gasteiger partial charge in [-0.3, -0.25) is 0 Å². The Morgan fingerprint density at radius 1 is 0.548 bits per heavy atom. The van der Waals surface area contributed by atoms with Gasteiger partial charge in [0.1, 0.15) is 8.07 Å². The Balaban J connectivity index is 1.54. The molecule has 0 amide bonds. The van der Waals surface area contributed by atoms with Crippen LogP contribution in [0.15, 0.2) is 83.9 Å². The van der Waals surface area contributed by atoms with Crippen molar-refractivity contribution in [1.29, 1.82) is 0 Å². The fourth-order valence-corrected chi connectivity index (χ4v) is 10.9. The van der Waals surface area contributed by atoms with Gasteiger partial charge >= 0.3 is 0 Å². The number of benzene rings is 4. The first-order valence-corrected chi connectivity index (χ1v) is 14.4. The third-order valence-corrected chi connectivity index (χ3v) is 11.5. The molecule has 0 atom stereocenters. The van der Waals surface area contributed by atoms with Gasteiger partial charge in [0.05, 0.1) is 0 Å². The highest BCUT2D eigenvalue weighted by Crippen LogP contribution is 2.50. The maximum absolute atomic E-state index is 2.58. The molecule has 31 heavy (non-hydrogen) atoms. The van der Waals surface area contributed by atoms with E-state index in [1.54, 1.807) is 32.7 Å². The number of fused-ring (bicyclic) bond motifs is 6. The van der Waals surface area contributed by atoms with E-state index in [0.29, 0.717) is 0 Å². The standard InChI is InChI=1S/C30H28Si/c1-19-17-27-23-11-7-5-9-21(23)13-15-25(27)29(19)31(3,4)30-20(2)18-28-24-12-8-6-10-22(24)14-16-26(28)30/h5-16H,17-18H2,1-4H3. The van der Waals surface area contributed by atoms with Crippen LogP contribution in [0.25, 0.3) is 31.9 Å². The molecule has 0 saturated heterocycles. The summed E-state index contributed by atoms with van der Waals surface area (Å²) in [6.45, 7) is 9.93. The maximum atomic E-state index is 2.58. The lowest BCUT2D eigenvalue weighted by atomic mass is 10.00. The Bertz CT molecular complexity index is 1350. The van der Waals surface area contributed by atoms with E-state index in [1.807, 2.05) is 0 Å². The van der Waals surface area contributed by atoms with E-state index in [-0.39, 0.29) is 0 Å². The lowest BCUT2D eigenvalue weighted by molar-refractivity contribution is 1.21. The van der Waals surface area contributed by atoms with E-state index in [9.17, 15) is 0 Å². The minimum absolute atomic E-state index is 1.10. The fraction of sp³-hybridized carbons (Fsp3) is 0.200. The molecule has 0 bridgehead atoms. The van der Waals surface area contributed by atoms with Crippen molar-refractivity contribution >= 4 is 40.0 Å². The first kappa shape index (κ1) is 18.8. The Kier molecular flexibility index (Phi) is 3.98. The Morgan fingerprint density at radius 2 is 0.968 bits per heavy atom. The van der Waals surface area contributed by atoms with E-state index in [4.69, 9.17) is 0 Å². The van der Waals surface area contributed by atoms with Gasteiger partial charge in [-0.05, 0) is 80.9 Å². The molecule has 0 spiro atoms. The van der Waals surface area contributed by atoms with Gasteiger partial charge in [-0.15, -0.1) is 0 Å². The summed E-state index contributed by atoms with van der Waals surface area (Å²) in [7, 11) is -1.88. The molecule has 0 saturated carbocycles. The summed E-state index contributed by atoms with van der Waals surface area (Å²) in [5.41, 5.74) is 9.28. The van der Waals surface area contributed by atoms with Crippen molar-refractivity contribution in [1.82, 2.24) is 0 Å². The molecule has 2 aliphatic rings. The van der Waals surface area contributed by atoms with E-state index < -0.39 is 8.07 Å². The Labute approximate surface area is 185 Å². The summed E-state index contributed by atoms with van der Waals surface area (Å²) < 4.78 is 0. The number of rotatable bonds is 2. The molecule has 0 unspecified atom stereocenters. The normalized spacial score (nSPS) is 15.9. The number of allylic oxidation sites excluding steroid dienone is 2. The van der Waals surface area contributed by atoms with E-state index in [1.165, 1.54) is 32.7 Å². The lowest BCUT2D eigenvalue weighted by Crippen LogP contribution is -2.31. The van der Waals surface area contributed by atoms with Gasteiger partial charge in [0.2, 0.25) is 0 Å². The smallest absolute Gasteiger partial charge is 0.0686 e. The van der Waals surface area contributed by atoms with Crippen molar-refractivity contribution in [2.45, 2.75) is 39.8 Å². The molecule has 2 aliphatic carbocycles. The minimum Gasteiger partial charge on any atom is -0.0686 e. The van der Waals surface area contributed by atoms with Crippen LogP contribution in [-0.2, 0) is 12.8 Å². The minimum atomic E-state index is -1.88. The van der Waals surface area contributed by atoms with Crippen molar-refractivity contribution in [3.8, 4) is 0 Å². The van der Waals surface area contributed by atoms with Gasteiger partial charge in [0, 0.05) is 0 Å². The molecule has 0 fully saturated rings. The average Bonchev–Trinajstić information content (AvgIpc) is 3.30. The molecule has 4 aromatic rings. The van der Waals surface area contributed by atoms with Crippen LogP contribution in [0.1, 0.15) is 36.1 Å². The van der Waals surface area contributed by atoms with Crippen molar-refractivity contribution in [2.75, 3.05) is 0 Å². The van der Waals surface area contributed by atoms with Crippen LogP contribution >= 0.6 is 0 Å². The molecule has 0 aromatic heterocycles. The molecule has 1 heteroatoms. The summed E-state index contributed by atoms with van der Waals surface area (Å²) in [5.74, 6) is 0. The van der Waals surface area contributed by atoms with Crippen LogP contribution < -0.4 is 0 Å². The van der Waals surface area contributed by atoms with Crippen molar-refractivity contribution in [3.63, 3.8) is 0 Å². The molecule has 0 radical (unpaired) electrons. The highest BCUT2D eigenvalue weighted by molar-refractivity contribution is 7.09. The Morgan fingerprint density at radius 3 is 1.42 bits per heavy atom.